The largest absolute Gasteiger partial charge is 0.339 e. The fraction of sp³-hybridized carbons (Fsp3) is 0.316. The van der Waals surface area contributed by atoms with E-state index in [1.165, 1.54) is 6.07 Å². The predicted molar refractivity (Wildman–Crippen MR) is 102 cm³/mol. The highest BCUT2D eigenvalue weighted by atomic mass is 35.5. The second-order valence-corrected chi connectivity index (χ2v) is 6.61. The van der Waals surface area contributed by atoms with Crippen LogP contribution in [-0.4, -0.2) is 30.4 Å². The quantitative estimate of drug-likeness (QED) is 0.855. The van der Waals surface area contributed by atoms with Gasteiger partial charge < -0.3 is 10.6 Å². The molecule has 1 aliphatic rings. The molecule has 0 radical (unpaired) electrons. The monoisotopic (exact) mass is 382 g/mol. The number of amides is 1. The zero-order valence-corrected chi connectivity index (χ0v) is 15.3. The number of carbonyl (C=O) groups excluding carboxylic acids is 1. The minimum Gasteiger partial charge on any atom is -0.339 e. The highest BCUT2D eigenvalue weighted by Crippen LogP contribution is 2.25. The zero-order chi connectivity index (χ0) is 17.1. The number of nitrogens with two attached hydrogens (primary N) is 1. The van der Waals surface area contributed by atoms with E-state index in [1.807, 2.05) is 12.1 Å². The molecule has 1 amide bonds. The first-order chi connectivity index (χ1) is 11.6. The molecule has 1 saturated heterocycles. The van der Waals surface area contributed by atoms with Crippen LogP contribution in [0.4, 0.5) is 4.39 Å². The maximum Gasteiger partial charge on any atom is 0.256 e. The predicted octanol–water partition coefficient (Wildman–Crippen LogP) is 4.38. The van der Waals surface area contributed by atoms with Crippen LogP contribution in [0.5, 0.6) is 0 Å². The summed E-state index contributed by atoms with van der Waals surface area (Å²) in [7, 11) is 0. The van der Waals surface area contributed by atoms with Crippen LogP contribution in [0.15, 0.2) is 42.5 Å². The van der Waals surface area contributed by atoms with Crippen LogP contribution in [0.1, 0.15) is 23.2 Å². The molecule has 0 saturated carbocycles. The highest BCUT2D eigenvalue weighted by molar-refractivity contribution is 6.30. The Labute approximate surface area is 158 Å². The average molecular weight is 383 g/mol. The third-order valence-electron chi connectivity index (χ3n) is 4.61. The lowest BCUT2D eigenvalue weighted by Gasteiger charge is -2.31. The number of nitrogens with zero attached hydrogens (tertiary/aromatic N) is 1. The summed E-state index contributed by atoms with van der Waals surface area (Å²) in [6.45, 7) is 1.92. The molecule has 1 aliphatic heterocycles. The topological polar surface area (TPSA) is 46.3 Å². The highest BCUT2D eigenvalue weighted by Gasteiger charge is 2.24. The van der Waals surface area contributed by atoms with Gasteiger partial charge in [0.15, 0.2) is 0 Å². The average Bonchev–Trinajstić information content (AvgIpc) is 2.62. The molecule has 2 N–H and O–H groups in total. The van der Waals surface area contributed by atoms with E-state index < -0.39 is 5.82 Å². The molecule has 0 unspecified atom stereocenters. The maximum absolute atomic E-state index is 14.5. The third-order valence-corrected chi connectivity index (χ3v) is 4.86. The lowest BCUT2D eigenvalue weighted by atomic mass is 9.96. The van der Waals surface area contributed by atoms with E-state index in [0.29, 0.717) is 30.6 Å². The summed E-state index contributed by atoms with van der Waals surface area (Å²) in [4.78, 5) is 14.3. The van der Waals surface area contributed by atoms with Gasteiger partial charge in [0, 0.05) is 18.1 Å². The Morgan fingerprint density at radius 2 is 1.72 bits per heavy atom. The van der Waals surface area contributed by atoms with Gasteiger partial charge in [-0.25, -0.2) is 4.39 Å². The Morgan fingerprint density at radius 3 is 2.28 bits per heavy atom. The Balaban J connectivity index is 0.00000225. The minimum absolute atomic E-state index is 0. The van der Waals surface area contributed by atoms with Crippen LogP contribution in [0.3, 0.4) is 0 Å². The van der Waals surface area contributed by atoms with Crippen molar-refractivity contribution in [1.29, 1.82) is 0 Å². The standard InChI is InChI=1S/C19H20ClFN2O.ClH/c20-16-4-1-14(2-5-16)15-3-6-17(18(21)11-15)19(24)23-9-7-13(12-22)8-10-23;/h1-6,11,13H,7-10,12,22H2;1H. The Bertz CT molecular complexity index is 729. The molecule has 2 aromatic rings. The van der Waals surface area contributed by atoms with Crippen molar-refractivity contribution in [2.45, 2.75) is 12.8 Å². The summed E-state index contributed by atoms with van der Waals surface area (Å²) in [5, 5.41) is 0.631. The van der Waals surface area contributed by atoms with Crippen molar-refractivity contribution in [3.63, 3.8) is 0 Å². The molecule has 2 aromatic carbocycles. The molecule has 3 rings (SSSR count). The molecule has 6 heteroatoms. The maximum atomic E-state index is 14.5. The molecule has 0 aliphatic carbocycles. The molecule has 25 heavy (non-hydrogen) atoms. The van der Waals surface area contributed by atoms with Crippen molar-refractivity contribution in [2.24, 2.45) is 11.7 Å². The van der Waals surface area contributed by atoms with E-state index in [4.69, 9.17) is 17.3 Å². The van der Waals surface area contributed by atoms with Gasteiger partial charge in [-0.3, -0.25) is 4.79 Å². The summed E-state index contributed by atoms with van der Waals surface area (Å²) in [6.07, 6.45) is 1.76. The summed E-state index contributed by atoms with van der Waals surface area (Å²) in [5.41, 5.74) is 7.38. The van der Waals surface area contributed by atoms with Gasteiger partial charge in [-0.1, -0.05) is 29.8 Å². The molecule has 0 spiro atoms. The molecule has 1 heterocycles. The number of carbonyl (C=O) groups is 1. The SMILES string of the molecule is Cl.NCC1CCN(C(=O)c2ccc(-c3ccc(Cl)cc3)cc2F)CC1. The number of halogens is 3. The minimum atomic E-state index is -0.492. The number of rotatable bonds is 3. The number of hydrogen-bond acceptors (Lipinski definition) is 2. The number of piperidine rings is 1. The number of benzene rings is 2. The molecular weight excluding hydrogens is 362 g/mol. The van der Waals surface area contributed by atoms with Crippen LogP contribution in [0.2, 0.25) is 5.02 Å². The lowest BCUT2D eigenvalue weighted by Crippen LogP contribution is -2.40. The van der Waals surface area contributed by atoms with Gasteiger partial charge in [0.1, 0.15) is 5.82 Å². The molecule has 1 fully saturated rings. The van der Waals surface area contributed by atoms with E-state index in [9.17, 15) is 9.18 Å². The molecule has 3 nitrogen and oxygen atoms in total. The summed E-state index contributed by atoms with van der Waals surface area (Å²) >= 11 is 5.87. The fourth-order valence-corrected chi connectivity index (χ4v) is 3.18. The first-order valence-electron chi connectivity index (χ1n) is 8.13. The summed E-state index contributed by atoms with van der Waals surface area (Å²) in [6, 6.07) is 11.9. The van der Waals surface area contributed by atoms with Gasteiger partial charge in [0.05, 0.1) is 5.56 Å². The van der Waals surface area contributed by atoms with Gasteiger partial charge >= 0.3 is 0 Å². The molecule has 134 valence electrons. The van der Waals surface area contributed by atoms with Gasteiger partial charge in [0.25, 0.3) is 5.91 Å². The Morgan fingerprint density at radius 1 is 1.12 bits per heavy atom. The lowest BCUT2D eigenvalue weighted by molar-refractivity contribution is 0.0688. The van der Waals surface area contributed by atoms with Crippen LogP contribution in [0, 0.1) is 11.7 Å². The second kappa shape index (κ2) is 8.65. The van der Waals surface area contributed by atoms with E-state index in [1.54, 1.807) is 29.2 Å². The van der Waals surface area contributed by atoms with E-state index in [2.05, 4.69) is 0 Å². The van der Waals surface area contributed by atoms with Crippen molar-refractivity contribution in [3.8, 4) is 11.1 Å². The molecular formula is C19H21Cl2FN2O. The van der Waals surface area contributed by atoms with Gasteiger partial charge in [-0.05, 0) is 60.7 Å². The van der Waals surface area contributed by atoms with E-state index >= 15 is 0 Å². The summed E-state index contributed by atoms with van der Waals surface area (Å²) < 4.78 is 14.5. The van der Waals surface area contributed by atoms with Crippen LogP contribution in [-0.2, 0) is 0 Å². The van der Waals surface area contributed by atoms with Crippen molar-refractivity contribution in [2.75, 3.05) is 19.6 Å². The normalized spacial score (nSPS) is 14.9. The van der Waals surface area contributed by atoms with Crippen molar-refractivity contribution in [1.82, 2.24) is 4.90 Å². The van der Waals surface area contributed by atoms with E-state index in [-0.39, 0.29) is 23.9 Å². The molecule has 0 bridgehead atoms. The number of hydrogen-bond donors (Lipinski definition) is 1. The second-order valence-electron chi connectivity index (χ2n) is 6.17. The Hall–Kier alpha value is -1.62. The van der Waals surface area contributed by atoms with Crippen LogP contribution in [0.25, 0.3) is 11.1 Å². The summed E-state index contributed by atoms with van der Waals surface area (Å²) in [5.74, 6) is -0.273. The first-order valence-corrected chi connectivity index (χ1v) is 8.51. The fourth-order valence-electron chi connectivity index (χ4n) is 3.05. The third kappa shape index (κ3) is 4.51. The first kappa shape index (κ1) is 19.7. The van der Waals surface area contributed by atoms with Crippen LogP contribution >= 0.6 is 24.0 Å². The Kier molecular flexibility index (Phi) is 6.82. The zero-order valence-electron chi connectivity index (χ0n) is 13.8. The van der Waals surface area contributed by atoms with E-state index in [0.717, 1.165) is 24.0 Å². The van der Waals surface area contributed by atoms with Crippen molar-refractivity contribution < 1.29 is 9.18 Å². The van der Waals surface area contributed by atoms with Gasteiger partial charge in [-0.15, -0.1) is 12.4 Å². The smallest absolute Gasteiger partial charge is 0.256 e. The number of likely N-dealkylation sites (tertiary alicyclic amines) is 1. The van der Waals surface area contributed by atoms with Crippen molar-refractivity contribution >= 4 is 29.9 Å². The molecule has 0 aromatic heterocycles. The van der Waals surface area contributed by atoms with Crippen molar-refractivity contribution in [3.05, 3.63) is 58.9 Å². The molecule has 0 atom stereocenters. The van der Waals surface area contributed by atoms with Crippen LogP contribution < -0.4 is 5.73 Å². The van der Waals surface area contributed by atoms with Gasteiger partial charge in [-0.2, -0.15) is 0 Å². The van der Waals surface area contributed by atoms with Gasteiger partial charge in [0.2, 0.25) is 0 Å².